The summed E-state index contributed by atoms with van der Waals surface area (Å²) in [5, 5.41) is 0. The molecule has 0 aliphatic heterocycles. The van der Waals surface area contributed by atoms with Crippen molar-refractivity contribution < 1.29 is 9.47 Å². The molecule has 15 heavy (non-hydrogen) atoms. The highest BCUT2D eigenvalue weighted by Crippen LogP contribution is 2.20. The summed E-state index contributed by atoms with van der Waals surface area (Å²) >= 11 is 0. The molecule has 1 aromatic heterocycles. The van der Waals surface area contributed by atoms with Gasteiger partial charge in [-0.2, -0.15) is 0 Å². The van der Waals surface area contributed by atoms with E-state index in [1.165, 1.54) is 0 Å². The maximum absolute atomic E-state index is 5.80. The van der Waals surface area contributed by atoms with Crippen molar-refractivity contribution >= 4 is 5.69 Å². The number of nitrogen functional groups attached to an aromatic ring is 1. The fourth-order valence-electron chi connectivity index (χ4n) is 1.08. The smallest absolute Gasteiger partial charge is 0.237 e. The van der Waals surface area contributed by atoms with E-state index in [9.17, 15) is 0 Å². The first-order valence-corrected chi connectivity index (χ1v) is 5.06. The fourth-order valence-corrected chi connectivity index (χ4v) is 1.08. The largest absolute Gasteiger partial charge is 0.474 e. The van der Waals surface area contributed by atoms with Gasteiger partial charge in [-0.15, -0.1) is 0 Å². The van der Waals surface area contributed by atoms with Crippen LogP contribution in [0.3, 0.4) is 0 Å². The number of aromatic nitrogens is 1. The van der Waals surface area contributed by atoms with Gasteiger partial charge in [-0.25, -0.2) is 4.98 Å². The third-order valence-electron chi connectivity index (χ3n) is 1.94. The van der Waals surface area contributed by atoms with E-state index in [-0.39, 0.29) is 6.10 Å². The Morgan fingerprint density at radius 1 is 1.40 bits per heavy atom. The number of nitrogens with two attached hydrogens (primary N) is 1. The summed E-state index contributed by atoms with van der Waals surface area (Å²) < 4.78 is 10.7. The van der Waals surface area contributed by atoms with Crippen molar-refractivity contribution in [3.8, 4) is 5.88 Å². The summed E-state index contributed by atoms with van der Waals surface area (Å²) in [6.45, 7) is 6.92. The van der Waals surface area contributed by atoms with Crippen LogP contribution in [0.15, 0.2) is 12.3 Å². The molecule has 1 heterocycles. The lowest BCUT2D eigenvalue weighted by Gasteiger charge is -2.10. The highest BCUT2D eigenvalue weighted by atomic mass is 16.5. The standard InChI is InChI=1S/C11H18N2O2/c1-8(2)14-6-7-15-11-10(12)9(3)4-5-13-11/h4-5,8H,6-7,12H2,1-3H3. The molecule has 1 aromatic rings. The Labute approximate surface area is 90.4 Å². The molecule has 0 spiro atoms. The molecule has 2 N–H and O–H groups in total. The zero-order valence-electron chi connectivity index (χ0n) is 9.49. The maximum Gasteiger partial charge on any atom is 0.237 e. The average molecular weight is 210 g/mol. The van der Waals surface area contributed by atoms with Crippen LogP contribution in [0.1, 0.15) is 19.4 Å². The Morgan fingerprint density at radius 2 is 2.13 bits per heavy atom. The van der Waals surface area contributed by atoms with Crippen molar-refractivity contribution in [1.82, 2.24) is 4.98 Å². The number of hydrogen-bond acceptors (Lipinski definition) is 4. The number of hydrogen-bond donors (Lipinski definition) is 1. The van der Waals surface area contributed by atoms with Gasteiger partial charge in [0.2, 0.25) is 5.88 Å². The van der Waals surface area contributed by atoms with Crippen LogP contribution in [0.4, 0.5) is 5.69 Å². The van der Waals surface area contributed by atoms with E-state index in [0.29, 0.717) is 24.8 Å². The predicted octanol–water partition coefficient (Wildman–Crippen LogP) is 1.78. The van der Waals surface area contributed by atoms with E-state index in [2.05, 4.69) is 4.98 Å². The minimum Gasteiger partial charge on any atom is -0.474 e. The Balaban J connectivity index is 2.41. The zero-order valence-corrected chi connectivity index (χ0v) is 9.49. The quantitative estimate of drug-likeness (QED) is 0.752. The minimum atomic E-state index is 0.219. The number of nitrogens with zero attached hydrogens (tertiary/aromatic N) is 1. The number of ether oxygens (including phenoxy) is 2. The van der Waals surface area contributed by atoms with Crippen LogP contribution in [0.5, 0.6) is 5.88 Å². The van der Waals surface area contributed by atoms with Gasteiger partial charge in [0.1, 0.15) is 6.61 Å². The third-order valence-corrected chi connectivity index (χ3v) is 1.94. The molecular formula is C11H18N2O2. The molecule has 4 heteroatoms. The first kappa shape index (κ1) is 11.8. The van der Waals surface area contributed by atoms with Crippen molar-refractivity contribution in [2.24, 2.45) is 0 Å². The van der Waals surface area contributed by atoms with Crippen LogP contribution in [0.25, 0.3) is 0 Å². The monoisotopic (exact) mass is 210 g/mol. The third kappa shape index (κ3) is 3.75. The van der Waals surface area contributed by atoms with Crippen molar-refractivity contribution in [2.75, 3.05) is 18.9 Å². The Bertz CT molecular complexity index is 313. The lowest BCUT2D eigenvalue weighted by Crippen LogP contribution is -2.12. The van der Waals surface area contributed by atoms with Gasteiger partial charge in [-0.1, -0.05) is 0 Å². The molecule has 1 rings (SSSR count). The summed E-state index contributed by atoms with van der Waals surface area (Å²) in [6.07, 6.45) is 1.90. The van der Waals surface area contributed by atoms with Gasteiger partial charge >= 0.3 is 0 Å². The molecule has 84 valence electrons. The molecule has 0 aromatic carbocycles. The number of anilines is 1. The number of aryl methyl sites for hydroxylation is 1. The molecule has 0 bridgehead atoms. The Hall–Kier alpha value is -1.29. The Morgan fingerprint density at radius 3 is 2.80 bits per heavy atom. The summed E-state index contributed by atoms with van der Waals surface area (Å²) in [5.41, 5.74) is 7.37. The highest BCUT2D eigenvalue weighted by Gasteiger charge is 2.03. The van der Waals surface area contributed by atoms with Crippen LogP contribution in [-0.4, -0.2) is 24.3 Å². The van der Waals surface area contributed by atoms with Crippen molar-refractivity contribution in [2.45, 2.75) is 26.9 Å². The second kappa shape index (κ2) is 5.56. The molecule has 4 nitrogen and oxygen atoms in total. The zero-order chi connectivity index (χ0) is 11.3. The molecule has 0 aliphatic carbocycles. The van der Waals surface area contributed by atoms with Crippen LogP contribution in [0.2, 0.25) is 0 Å². The second-order valence-corrected chi connectivity index (χ2v) is 3.61. The molecule has 0 aliphatic rings. The van der Waals surface area contributed by atoms with Gasteiger partial charge < -0.3 is 15.2 Å². The van der Waals surface area contributed by atoms with Crippen molar-refractivity contribution in [3.63, 3.8) is 0 Å². The first-order chi connectivity index (χ1) is 7.11. The van der Waals surface area contributed by atoms with E-state index >= 15 is 0 Å². The summed E-state index contributed by atoms with van der Waals surface area (Å²) in [4.78, 5) is 4.05. The van der Waals surface area contributed by atoms with Crippen LogP contribution in [0, 0.1) is 6.92 Å². The first-order valence-electron chi connectivity index (χ1n) is 5.06. The minimum absolute atomic E-state index is 0.219. The van der Waals surface area contributed by atoms with E-state index in [0.717, 1.165) is 5.56 Å². The summed E-state index contributed by atoms with van der Waals surface area (Å²) in [6, 6.07) is 1.85. The lowest BCUT2D eigenvalue weighted by atomic mass is 10.2. The van der Waals surface area contributed by atoms with Gasteiger partial charge in [0.05, 0.1) is 18.4 Å². The molecule has 0 unspecified atom stereocenters. The maximum atomic E-state index is 5.80. The molecule has 0 fully saturated rings. The topological polar surface area (TPSA) is 57.4 Å². The van der Waals surface area contributed by atoms with E-state index in [4.69, 9.17) is 15.2 Å². The molecule has 0 saturated heterocycles. The summed E-state index contributed by atoms with van der Waals surface area (Å²) in [5.74, 6) is 0.488. The molecule has 0 radical (unpaired) electrons. The lowest BCUT2D eigenvalue weighted by molar-refractivity contribution is 0.0544. The average Bonchev–Trinajstić information content (AvgIpc) is 2.18. The molecular weight excluding hydrogens is 192 g/mol. The van der Waals surface area contributed by atoms with Crippen LogP contribution in [-0.2, 0) is 4.74 Å². The number of rotatable bonds is 5. The fraction of sp³-hybridized carbons (Fsp3) is 0.545. The molecule has 0 atom stereocenters. The normalized spacial score (nSPS) is 10.7. The van der Waals surface area contributed by atoms with Gasteiger partial charge in [-0.3, -0.25) is 0 Å². The van der Waals surface area contributed by atoms with Crippen molar-refractivity contribution in [3.05, 3.63) is 17.8 Å². The van der Waals surface area contributed by atoms with Gasteiger partial charge in [0.15, 0.2) is 0 Å². The van der Waals surface area contributed by atoms with Crippen molar-refractivity contribution in [1.29, 1.82) is 0 Å². The van der Waals surface area contributed by atoms with Gasteiger partial charge in [0, 0.05) is 6.20 Å². The number of pyridine rings is 1. The second-order valence-electron chi connectivity index (χ2n) is 3.61. The summed E-state index contributed by atoms with van der Waals surface area (Å²) in [7, 11) is 0. The molecule has 0 amide bonds. The van der Waals surface area contributed by atoms with Gasteiger partial charge in [-0.05, 0) is 32.4 Å². The van der Waals surface area contributed by atoms with E-state index < -0.39 is 0 Å². The van der Waals surface area contributed by atoms with Crippen LogP contribution < -0.4 is 10.5 Å². The predicted molar refractivity (Wildman–Crippen MR) is 60.0 cm³/mol. The van der Waals surface area contributed by atoms with E-state index in [1.54, 1.807) is 6.20 Å². The Kier molecular flexibility index (Phi) is 4.37. The molecule has 0 saturated carbocycles. The van der Waals surface area contributed by atoms with Gasteiger partial charge in [0.25, 0.3) is 0 Å². The van der Waals surface area contributed by atoms with Crippen LogP contribution >= 0.6 is 0 Å². The van der Waals surface area contributed by atoms with E-state index in [1.807, 2.05) is 26.8 Å². The SMILES string of the molecule is Cc1ccnc(OCCOC(C)C)c1N. The highest BCUT2D eigenvalue weighted by molar-refractivity contribution is 5.53.